The molecule has 0 atom stereocenters. The zero-order chi connectivity index (χ0) is 10.9. The van der Waals surface area contributed by atoms with Crippen LogP contribution in [0.5, 0.6) is 0 Å². The second-order valence-electron chi connectivity index (χ2n) is 2.49. The van der Waals surface area contributed by atoms with Crippen LogP contribution in [0.15, 0.2) is 16.9 Å². The fourth-order valence-electron chi connectivity index (χ4n) is 0.835. The Morgan fingerprint density at radius 3 is 2.40 bits per heavy atom. The van der Waals surface area contributed by atoms with E-state index in [2.05, 4.69) is 31.0 Å². The molecule has 77 valence electrons. The lowest BCUT2D eigenvalue weighted by Crippen LogP contribution is -2.04. The molecule has 0 saturated heterocycles. The molecule has 0 aliphatic rings. The first-order valence-corrected chi connectivity index (χ1v) is 3.67. The molecule has 2 aromatic heterocycles. The zero-order valence-corrected chi connectivity index (χ0v) is 6.99. The summed E-state index contributed by atoms with van der Waals surface area (Å²) in [6.45, 7) is 0. The predicted molar refractivity (Wildman–Crippen MR) is 39.2 cm³/mol. The number of alkyl halides is 3. The van der Waals surface area contributed by atoms with Gasteiger partial charge in [-0.15, -0.1) is 0 Å². The molecule has 2 heterocycles. The summed E-state index contributed by atoms with van der Waals surface area (Å²) >= 11 is 0. The molecule has 2 rings (SSSR count). The highest BCUT2D eigenvalue weighted by Crippen LogP contribution is 2.28. The van der Waals surface area contributed by atoms with Gasteiger partial charge in [-0.25, -0.2) is 9.97 Å². The van der Waals surface area contributed by atoms with Crippen LogP contribution < -0.4 is 0 Å². The molecule has 5 nitrogen and oxygen atoms in total. The Balaban J connectivity index is 2.37. The average Bonchev–Trinajstić information content (AvgIpc) is 2.67. The first-order valence-electron chi connectivity index (χ1n) is 3.67. The summed E-state index contributed by atoms with van der Waals surface area (Å²) in [5, 5.41) is 3.15. The van der Waals surface area contributed by atoms with Gasteiger partial charge in [0, 0.05) is 12.4 Å². The van der Waals surface area contributed by atoms with Crippen molar-refractivity contribution in [2.24, 2.45) is 0 Å². The summed E-state index contributed by atoms with van der Waals surface area (Å²) in [6.07, 6.45) is 0.0536. The van der Waals surface area contributed by atoms with Gasteiger partial charge >= 0.3 is 12.1 Å². The van der Waals surface area contributed by atoms with Gasteiger partial charge in [0.15, 0.2) is 6.33 Å². The third-order valence-corrected chi connectivity index (χ3v) is 1.45. The van der Waals surface area contributed by atoms with Crippen LogP contribution in [-0.2, 0) is 6.18 Å². The Morgan fingerprint density at radius 2 is 1.87 bits per heavy atom. The first kappa shape index (κ1) is 9.56. The second kappa shape index (κ2) is 3.30. The molecule has 0 amide bonds. The number of hydrogen-bond acceptors (Lipinski definition) is 5. The molecular formula is C7H2F3N4O. The minimum absolute atomic E-state index is 0.212. The minimum Gasteiger partial charge on any atom is -0.329 e. The fourth-order valence-corrected chi connectivity index (χ4v) is 0.835. The van der Waals surface area contributed by atoms with Crippen LogP contribution in [0.3, 0.4) is 0 Å². The largest absolute Gasteiger partial charge is 0.471 e. The van der Waals surface area contributed by atoms with Gasteiger partial charge in [0.2, 0.25) is 5.82 Å². The van der Waals surface area contributed by atoms with E-state index in [1.807, 2.05) is 0 Å². The molecule has 2 aromatic rings. The average molecular weight is 215 g/mol. The molecule has 15 heavy (non-hydrogen) atoms. The standard InChI is InChI=1S/C7H2F3N4O/c8-7(9,10)6-13-5(14-15-6)4-1-11-3-12-2-4/h1-2H. The van der Waals surface area contributed by atoms with Gasteiger partial charge in [-0.3, -0.25) is 0 Å². The van der Waals surface area contributed by atoms with Gasteiger partial charge in [0.05, 0.1) is 5.56 Å². The molecular weight excluding hydrogens is 213 g/mol. The summed E-state index contributed by atoms with van der Waals surface area (Å²) < 4.78 is 40.3. The Kier molecular flexibility index (Phi) is 2.10. The van der Waals surface area contributed by atoms with Crippen molar-refractivity contribution in [3.05, 3.63) is 24.6 Å². The molecule has 0 aliphatic heterocycles. The maximum atomic E-state index is 12.1. The predicted octanol–water partition coefficient (Wildman–Crippen LogP) is 1.35. The SMILES string of the molecule is FC(F)(F)c1nc(-c2cn[c]nc2)no1. The lowest BCUT2D eigenvalue weighted by molar-refractivity contribution is -0.159. The summed E-state index contributed by atoms with van der Waals surface area (Å²) in [7, 11) is 0. The van der Waals surface area contributed by atoms with E-state index in [9.17, 15) is 13.2 Å². The lowest BCUT2D eigenvalue weighted by Gasteiger charge is -1.95. The van der Waals surface area contributed by atoms with Crippen molar-refractivity contribution >= 4 is 0 Å². The van der Waals surface area contributed by atoms with Crippen LogP contribution >= 0.6 is 0 Å². The number of rotatable bonds is 1. The van der Waals surface area contributed by atoms with Crippen molar-refractivity contribution in [1.82, 2.24) is 20.1 Å². The van der Waals surface area contributed by atoms with Crippen molar-refractivity contribution < 1.29 is 17.7 Å². The summed E-state index contributed by atoms with van der Waals surface area (Å²) in [5.41, 5.74) is 0.230. The summed E-state index contributed by atoms with van der Waals surface area (Å²) in [5.74, 6) is -1.61. The van der Waals surface area contributed by atoms with E-state index in [0.29, 0.717) is 0 Å². The highest BCUT2D eigenvalue weighted by Gasteiger charge is 2.38. The Hall–Kier alpha value is -1.99. The molecule has 0 fully saturated rings. The number of aromatic nitrogens is 4. The van der Waals surface area contributed by atoms with E-state index in [4.69, 9.17) is 0 Å². The first-order chi connectivity index (χ1) is 7.07. The third-order valence-electron chi connectivity index (χ3n) is 1.45. The molecule has 0 bridgehead atoms. The lowest BCUT2D eigenvalue weighted by atomic mass is 10.3. The number of halogens is 3. The van der Waals surface area contributed by atoms with Crippen molar-refractivity contribution in [1.29, 1.82) is 0 Å². The van der Waals surface area contributed by atoms with Crippen LogP contribution in [0.2, 0.25) is 0 Å². The van der Waals surface area contributed by atoms with Crippen LogP contribution in [0.4, 0.5) is 13.2 Å². The molecule has 0 aliphatic carbocycles. The van der Waals surface area contributed by atoms with E-state index < -0.39 is 12.1 Å². The van der Waals surface area contributed by atoms with E-state index in [1.54, 1.807) is 0 Å². The summed E-state index contributed by atoms with van der Waals surface area (Å²) in [6, 6.07) is 0. The van der Waals surface area contributed by atoms with Gasteiger partial charge in [-0.1, -0.05) is 5.16 Å². The number of nitrogens with zero attached hydrogens (tertiary/aromatic N) is 4. The molecule has 0 saturated carbocycles. The normalized spacial score (nSPS) is 11.7. The van der Waals surface area contributed by atoms with Crippen LogP contribution in [0, 0.1) is 6.33 Å². The van der Waals surface area contributed by atoms with Crippen molar-refractivity contribution in [3.63, 3.8) is 0 Å². The van der Waals surface area contributed by atoms with E-state index >= 15 is 0 Å². The molecule has 0 unspecified atom stereocenters. The van der Waals surface area contributed by atoms with Crippen LogP contribution in [-0.4, -0.2) is 20.1 Å². The highest BCUT2D eigenvalue weighted by molar-refractivity contribution is 5.50. The van der Waals surface area contributed by atoms with Gasteiger partial charge in [0.1, 0.15) is 0 Å². The second-order valence-corrected chi connectivity index (χ2v) is 2.49. The minimum atomic E-state index is -4.65. The van der Waals surface area contributed by atoms with Gasteiger partial charge in [-0.05, 0) is 0 Å². The van der Waals surface area contributed by atoms with Gasteiger partial charge in [-0.2, -0.15) is 18.2 Å². The number of hydrogen-bond donors (Lipinski definition) is 0. The quantitative estimate of drug-likeness (QED) is 0.718. The van der Waals surface area contributed by atoms with Gasteiger partial charge < -0.3 is 4.52 Å². The third kappa shape index (κ3) is 1.92. The smallest absolute Gasteiger partial charge is 0.329 e. The molecule has 0 N–H and O–H groups in total. The summed E-state index contributed by atoms with van der Waals surface area (Å²) in [4.78, 5) is 10.1. The Bertz CT molecular complexity index is 453. The molecule has 8 heteroatoms. The van der Waals surface area contributed by atoms with Crippen LogP contribution in [0.25, 0.3) is 11.4 Å². The zero-order valence-electron chi connectivity index (χ0n) is 6.99. The highest BCUT2D eigenvalue weighted by atomic mass is 19.4. The van der Waals surface area contributed by atoms with Crippen molar-refractivity contribution in [3.8, 4) is 11.4 Å². The van der Waals surface area contributed by atoms with Crippen LogP contribution in [0.1, 0.15) is 5.89 Å². The molecule has 0 spiro atoms. The maximum Gasteiger partial charge on any atom is 0.471 e. The Labute approximate surface area is 81.0 Å². The van der Waals surface area contributed by atoms with Crippen molar-refractivity contribution in [2.45, 2.75) is 6.18 Å². The van der Waals surface area contributed by atoms with Crippen molar-refractivity contribution in [2.75, 3.05) is 0 Å². The fraction of sp³-hybridized carbons (Fsp3) is 0.143. The molecule has 1 radical (unpaired) electrons. The van der Waals surface area contributed by atoms with E-state index in [1.165, 1.54) is 12.4 Å². The van der Waals surface area contributed by atoms with Gasteiger partial charge in [0.25, 0.3) is 0 Å². The monoisotopic (exact) mass is 215 g/mol. The van der Waals surface area contributed by atoms with E-state index in [-0.39, 0.29) is 11.4 Å². The van der Waals surface area contributed by atoms with E-state index in [0.717, 1.165) is 0 Å². The maximum absolute atomic E-state index is 12.1. The Morgan fingerprint density at radius 1 is 1.20 bits per heavy atom. The molecule has 0 aromatic carbocycles. The topological polar surface area (TPSA) is 64.7 Å².